The van der Waals surface area contributed by atoms with Crippen molar-refractivity contribution >= 4 is 12.4 Å². The van der Waals surface area contributed by atoms with Gasteiger partial charge >= 0.3 is 12.4 Å². The Balaban J connectivity index is 0.00000408. The third-order valence-corrected chi connectivity index (χ3v) is 5.74. The largest absolute Gasteiger partial charge is 0.417 e. The fraction of sp³-hybridized carbons (Fsp3) is 0.500. The third kappa shape index (κ3) is 6.87. The minimum atomic E-state index is -5.06. The lowest BCUT2D eigenvalue weighted by atomic mass is 9.86. The maximum absolute atomic E-state index is 14.0. The van der Waals surface area contributed by atoms with Gasteiger partial charge in [-0.05, 0) is 69.0 Å². The van der Waals surface area contributed by atoms with Gasteiger partial charge in [-0.25, -0.2) is 0 Å². The first-order valence-electron chi connectivity index (χ1n) is 10.7. The number of nitrogens with one attached hydrogen (secondary N) is 1. The Kier molecular flexibility index (Phi) is 9.07. The molecule has 0 saturated carbocycles. The minimum Gasteiger partial charge on any atom is -0.387 e. The molecule has 1 aliphatic heterocycles. The molecule has 1 unspecified atom stereocenters. The molecule has 3 rings (SSSR count). The topological polar surface area (TPSA) is 41.5 Å². The Labute approximate surface area is 200 Å². The van der Waals surface area contributed by atoms with Crippen molar-refractivity contribution in [3.63, 3.8) is 0 Å². The van der Waals surface area contributed by atoms with Crippen molar-refractivity contribution < 1.29 is 36.2 Å². The van der Waals surface area contributed by atoms with Crippen LogP contribution in [0.4, 0.5) is 26.3 Å². The second kappa shape index (κ2) is 10.8. The van der Waals surface area contributed by atoms with Gasteiger partial charge in [-0.15, -0.1) is 12.4 Å². The van der Waals surface area contributed by atoms with Crippen LogP contribution in [-0.2, 0) is 17.1 Å². The van der Waals surface area contributed by atoms with Crippen LogP contribution in [0.2, 0.25) is 0 Å². The van der Waals surface area contributed by atoms with Crippen LogP contribution in [0, 0.1) is 5.92 Å². The van der Waals surface area contributed by atoms with E-state index in [1.165, 1.54) is 44.2 Å². The first-order valence-corrected chi connectivity index (χ1v) is 10.7. The normalized spacial score (nSPS) is 16.7. The summed E-state index contributed by atoms with van der Waals surface area (Å²) in [5.74, 6) is 0.101. The Morgan fingerprint density at radius 2 is 1.44 bits per heavy atom. The first-order chi connectivity index (χ1) is 15.3. The van der Waals surface area contributed by atoms with Gasteiger partial charge in [-0.1, -0.05) is 30.3 Å². The van der Waals surface area contributed by atoms with E-state index >= 15 is 0 Å². The molecule has 2 aromatic carbocycles. The SMILES string of the molecule is CC(C)(O)C(OCC1CCNCC1)c1cc(C(F)(F)F)c(-c2ccccc2)c(C(F)(F)F)c1.Cl. The fourth-order valence-electron chi connectivity index (χ4n) is 4.17. The van der Waals surface area contributed by atoms with Gasteiger partial charge in [0.15, 0.2) is 0 Å². The molecule has 0 radical (unpaired) electrons. The summed E-state index contributed by atoms with van der Waals surface area (Å²) in [7, 11) is 0. The van der Waals surface area contributed by atoms with E-state index in [1.54, 1.807) is 0 Å². The summed E-state index contributed by atoms with van der Waals surface area (Å²) in [5, 5.41) is 13.8. The van der Waals surface area contributed by atoms with E-state index in [0.717, 1.165) is 25.9 Å². The van der Waals surface area contributed by atoms with Crippen molar-refractivity contribution in [3.05, 3.63) is 59.2 Å². The average Bonchev–Trinajstić information content (AvgIpc) is 2.72. The van der Waals surface area contributed by atoms with E-state index in [-0.39, 0.29) is 36.1 Å². The Hall–Kier alpha value is -1.81. The molecule has 34 heavy (non-hydrogen) atoms. The maximum atomic E-state index is 14.0. The molecule has 10 heteroatoms. The maximum Gasteiger partial charge on any atom is 0.417 e. The quantitative estimate of drug-likeness (QED) is 0.427. The number of hydrogen-bond acceptors (Lipinski definition) is 3. The molecule has 2 aromatic rings. The summed E-state index contributed by atoms with van der Waals surface area (Å²) in [4.78, 5) is 0. The van der Waals surface area contributed by atoms with E-state index < -0.39 is 40.7 Å². The van der Waals surface area contributed by atoms with Crippen LogP contribution in [-0.4, -0.2) is 30.4 Å². The molecule has 0 amide bonds. The molecule has 0 aliphatic carbocycles. The third-order valence-electron chi connectivity index (χ3n) is 5.74. The lowest BCUT2D eigenvalue weighted by Gasteiger charge is -2.33. The van der Waals surface area contributed by atoms with Crippen molar-refractivity contribution in [3.8, 4) is 11.1 Å². The number of alkyl halides is 6. The highest BCUT2D eigenvalue weighted by molar-refractivity contribution is 5.85. The number of ether oxygens (including phenoxy) is 1. The van der Waals surface area contributed by atoms with Gasteiger partial charge in [0.2, 0.25) is 0 Å². The summed E-state index contributed by atoms with van der Waals surface area (Å²) >= 11 is 0. The van der Waals surface area contributed by atoms with E-state index in [4.69, 9.17) is 4.74 Å². The molecule has 1 fully saturated rings. The van der Waals surface area contributed by atoms with Crippen molar-refractivity contribution in [2.24, 2.45) is 5.92 Å². The minimum absolute atomic E-state index is 0. The Bertz CT molecular complexity index is 900. The lowest BCUT2D eigenvalue weighted by Crippen LogP contribution is -2.35. The molecule has 1 aliphatic rings. The molecule has 1 heterocycles. The monoisotopic (exact) mass is 511 g/mol. The van der Waals surface area contributed by atoms with Crippen LogP contribution in [0.15, 0.2) is 42.5 Å². The van der Waals surface area contributed by atoms with Gasteiger partial charge in [-0.3, -0.25) is 0 Å². The molecule has 2 N–H and O–H groups in total. The van der Waals surface area contributed by atoms with Crippen molar-refractivity contribution in [2.45, 2.75) is 50.7 Å². The highest BCUT2D eigenvalue weighted by Gasteiger charge is 2.43. The van der Waals surface area contributed by atoms with Crippen molar-refractivity contribution in [2.75, 3.05) is 19.7 Å². The van der Waals surface area contributed by atoms with Gasteiger partial charge in [0.1, 0.15) is 6.10 Å². The molecule has 1 atom stereocenters. The van der Waals surface area contributed by atoms with E-state index in [1.807, 2.05) is 0 Å². The lowest BCUT2D eigenvalue weighted by molar-refractivity contribution is -0.143. The number of hydrogen-bond donors (Lipinski definition) is 2. The number of piperidine rings is 1. The second-order valence-corrected chi connectivity index (χ2v) is 8.91. The highest BCUT2D eigenvalue weighted by Crippen LogP contribution is 2.47. The summed E-state index contributed by atoms with van der Waals surface area (Å²) in [6, 6.07) is 8.03. The summed E-state index contributed by atoms with van der Waals surface area (Å²) < 4.78 is 90.0. The molecule has 190 valence electrons. The number of benzene rings is 2. The van der Waals surface area contributed by atoms with Gasteiger partial charge in [0.25, 0.3) is 0 Å². The van der Waals surface area contributed by atoms with Gasteiger partial charge in [0, 0.05) is 5.56 Å². The zero-order valence-electron chi connectivity index (χ0n) is 18.8. The van der Waals surface area contributed by atoms with E-state index in [0.29, 0.717) is 12.1 Å². The Morgan fingerprint density at radius 1 is 0.941 bits per heavy atom. The van der Waals surface area contributed by atoms with Crippen molar-refractivity contribution in [1.29, 1.82) is 0 Å². The zero-order chi connectivity index (χ0) is 24.4. The zero-order valence-corrected chi connectivity index (χ0v) is 19.6. The molecular weight excluding hydrogens is 484 g/mol. The second-order valence-electron chi connectivity index (χ2n) is 8.91. The van der Waals surface area contributed by atoms with Gasteiger partial charge < -0.3 is 15.2 Å². The van der Waals surface area contributed by atoms with Crippen LogP contribution in [0.5, 0.6) is 0 Å². The summed E-state index contributed by atoms with van der Waals surface area (Å²) in [5.41, 5.74) is -6.05. The van der Waals surface area contributed by atoms with Crippen LogP contribution < -0.4 is 5.32 Å². The number of rotatable bonds is 6. The van der Waals surface area contributed by atoms with Crippen LogP contribution in [0.1, 0.15) is 49.5 Å². The van der Waals surface area contributed by atoms with Crippen LogP contribution in [0.3, 0.4) is 0 Å². The summed E-state index contributed by atoms with van der Waals surface area (Å²) in [6.07, 6.45) is -9.94. The van der Waals surface area contributed by atoms with Gasteiger partial charge in [-0.2, -0.15) is 26.3 Å². The van der Waals surface area contributed by atoms with E-state index in [2.05, 4.69) is 5.32 Å². The van der Waals surface area contributed by atoms with E-state index in [9.17, 15) is 31.4 Å². The molecule has 0 bridgehead atoms. The molecular formula is C24H28ClF6NO2. The molecule has 1 saturated heterocycles. The number of aliphatic hydroxyl groups is 1. The average molecular weight is 512 g/mol. The standard InChI is InChI=1S/C24H27F6NO2.ClH/c1-22(2,32)21(33-14-15-8-10-31-11-9-15)17-12-18(23(25,26)27)20(16-6-4-3-5-7-16)19(13-17)24(28,29)30;/h3-7,12-13,15,21,31-32H,8-11,14H2,1-2H3;1H. The smallest absolute Gasteiger partial charge is 0.387 e. The van der Waals surface area contributed by atoms with Crippen LogP contribution in [0.25, 0.3) is 11.1 Å². The van der Waals surface area contributed by atoms with Crippen LogP contribution >= 0.6 is 12.4 Å². The predicted octanol–water partition coefficient (Wildman–Crippen LogP) is 6.64. The molecule has 0 spiro atoms. The summed E-state index contributed by atoms with van der Waals surface area (Å²) in [6.45, 7) is 4.25. The molecule has 0 aromatic heterocycles. The predicted molar refractivity (Wildman–Crippen MR) is 120 cm³/mol. The fourth-order valence-corrected chi connectivity index (χ4v) is 4.17. The van der Waals surface area contributed by atoms with Gasteiger partial charge in [0.05, 0.1) is 23.3 Å². The highest BCUT2D eigenvalue weighted by atomic mass is 35.5. The molecule has 3 nitrogen and oxygen atoms in total. The number of halogens is 7. The Morgan fingerprint density at radius 3 is 1.88 bits per heavy atom. The van der Waals surface area contributed by atoms with Crippen molar-refractivity contribution in [1.82, 2.24) is 5.32 Å². The first kappa shape index (κ1) is 28.4.